The van der Waals surface area contributed by atoms with E-state index in [-0.39, 0.29) is 18.9 Å². The molecule has 8 heteroatoms. The van der Waals surface area contributed by atoms with Gasteiger partial charge in [0.05, 0.1) is 18.6 Å². The SMILES string of the molecule is CCCN(CCC)C(=O)C1=CC(C)=CC(C(N)=O)([C@H](Cc2cccc(OCc3ccccc3)c2)[C@@H](O)CNCc2cccc(OC)c2)C1. The third-order valence-electron chi connectivity index (χ3n) is 8.92. The number of primary amides is 1. The van der Waals surface area contributed by atoms with Crippen LogP contribution < -0.4 is 20.5 Å². The number of amides is 2. The lowest BCUT2D eigenvalue weighted by molar-refractivity contribution is -0.132. The van der Waals surface area contributed by atoms with E-state index in [1.807, 2.05) is 117 Å². The fourth-order valence-corrected chi connectivity index (χ4v) is 6.62. The second-order valence-electron chi connectivity index (χ2n) is 12.7. The molecule has 3 aromatic carbocycles. The number of carbonyl (C=O) groups excluding carboxylic acids is 2. The summed E-state index contributed by atoms with van der Waals surface area (Å²) in [5.74, 6) is 0.148. The lowest BCUT2D eigenvalue weighted by Crippen LogP contribution is -2.51. The maximum absolute atomic E-state index is 13.9. The maximum Gasteiger partial charge on any atom is 0.249 e. The van der Waals surface area contributed by atoms with Crippen LogP contribution in [-0.4, -0.2) is 54.7 Å². The molecule has 0 saturated carbocycles. The molecule has 0 saturated heterocycles. The van der Waals surface area contributed by atoms with Crippen LogP contribution in [0.5, 0.6) is 11.5 Å². The maximum atomic E-state index is 13.9. The second-order valence-corrected chi connectivity index (χ2v) is 12.7. The van der Waals surface area contributed by atoms with Crippen molar-refractivity contribution >= 4 is 11.8 Å². The lowest BCUT2D eigenvalue weighted by atomic mass is 9.63. The number of nitrogens with zero attached hydrogens (tertiary/aromatic N) is 1. The normalized spacial score (nSPS) is 17.1. The van der Waals surface area contributed by atoms with Gasteiger partial charge in [-0.2, -0.15) is 0 Å². The summed E-state index contributed by atoms with van der Waals surface area (Å²) in [4.78, 5) is 29.4. The van der Waals surface area contributed by atoms with Crippen molar-refractivity contribution in [2.45, 2.75) is 65.7 Å². The molecule has 0 heterocycles. The Bertz CT molecular complexity index is 1560. The highest BCUT2D eigenvalue weighted by Crippen LogP contribution is 2.44. The molecule has 1 aliphatic rings. The van der Waals surface area contributed by atoms with E-state index in [1.54, 1.807) is 7.11 Å². The van der Waals surface area contributed by atoms with Gasteiger partial charge < -0.3 is 30.5 Å². The van der Waals surface area contributed by atoms with Crippen LogP contribution in [-0.2, 0) is 29.2 Å². The Morgan fingerprint density at radius 1 is 0.938 bits per heavy atom. The molecule has 48 heavy (non-hydrogen) atoms. The number of ether oxygens (including phenoxy) is 2. The molecule has 4 rings (SSSR count). The fourth-order valence-electron chi connectivity index (χ4n) is 6.62. The Balaban J connectivity index is 1.64. The summed E-state index contributed by atoms with van der Waals surface area (Å²) in [7, 11) is 1.63. The van der Waals surface area contributed by atoms with Gasteiger partial charge in [0.25, 0.3) is 0 Å². The molecular formula is C40H51N3O5. The van der Waals surface area contributed by atoms with Crippen LogP contribution >= 0.6 is 0 Å². The first-order valence-electron chi connectivity index (χ1n) is 17.0. The number of nitrogens with one attached hydrogen (secondary N) is 1. The van der Waals surface area contributed by atoms with Crippen LogP contribution in [0.25, 0.3) is 0 Å². The summed E-state index contributed by atoms with van der Waals surface area (Å²) >= 11 is 0. The number of aliphatic hydroxyl groups excluding tert-OH is 1. The quantitative estimate of drug-likeness (QED) is 0.156. The van der Waals surface area contributed by atoms with Crippen LogP contribution in [0.1, 0.15) is 56.7 Å². The average molecular weight is 654 g/mol. The van der Waals surface area contributed by atoms with Crippen LogP contribution in [0.4, 0.5) is 0 Å². The number of rotatable bonds is 18. The van der Waals surface area contributed by atoms with Gasteiger partial charge in [-0.05, 0) is 73.6 Å². The van der Waals surface area contributed by atoms with Crippen molar-refractivity contribution in [2.24, 2.45) is 17.1 Å². The minimum atomic E-state index is -1.30. The minimum Gasteiger partial charge on any atom is -0.497 e. The van der Waals surface area contributed by atoms with Crippen molar-refractivity contribution in [3.05, 3.63) is 119 Å². The van der Waals surface area contributed by atoms with E-state index in [1.165, 1.54) is 0 Å². The molecule has 0 radical (unpaired) electrons. The molecule has 4 N–H and O–H groups in total. The number of carbonyl (C=O) groups is 2. The van der Waals surface area contributed by atoms with Crippen LogP contribution in [0, 0.1) is 11.3 Å². The smallest absolute Gasteiger partial charge is 0.249 e. The number of hydrogen-bond donors (Lipinski definition) is 3. The molecule has 2 amide bonds. The van der Waals surface area contributed by atoms with Crippen molar-refractivity contribution in [3.8, 4) is 11.5 Å². The molecule has 3 aromatic rings. The number of allylic oxidation sites excluding steroid dienone is 2. The van der Waals surface area contributed by atoms with Gasteiger partial charge in [0.2, 0.25) is 11.8 Å². The first-order valence-corrected chi connectivity index (χ1v) is 17.0. The summed E-state index contributed by atoms with van der Waals surface area (Å²) in [6, 6.07) is 25.4. The Morgan fingerprint density at radius 3 is 2.25 bits per heavy atom. The fraction of sp³-hybridized carbons (Fsp3) is 0.400. The first kappa shape index (κ1) is 36.4. The van der Waals surface area contributed by atoms with Crippen molar-refractivity contribution < 1.29 is 24.2 Å². The third kappa shape index (κ3) is 9.58. The monoisotopic (exact) mass is 653 g/mol. The molecule has 0 aromatic heterocycles. The molecule has 1 aliphatic carbocycles. The van der Waals surface area contributed by atoms with Gasteiger partial charge in [-0.3, -0.25) is 9.59 Å². The van der Waals surface area contributed by atoms with Crippen molar-refractivity contribution in [2.75, 3.05) is 26.7 Å². The predicted molar refractivity (Wildman–Crippen MR) is 190 cm³/mol. The Labute approximate surface area is 285 Å². The van der Waals surface area contributed by atoms with Gasteiger partial charge >= 0.3 is 0 Å². The Morgan fingerprint density at radius 2 is 1.58 bits per heavy atom. The van der Waals surface area contributed by atoms with Crippen molar-refractivity contribution in [1.29, 1.82) is 0 Å². The van der Waals surface area contributed by atoms with Gasteiger partial charge in [-0.1, -0.05) is 86.2 Å². The highest BCUT2D eigenvalue weighted by molar-refractivity contribution is 5.97. The summed E-state index contributed by atoms with van der Waals surface area (Å²) < 4.78 is 11.5. The van der Waals surface area contributed by atoms with Crippen LogP contribution in [0.3, 0.4) is 0 Å². The third-order valence-corrected chi connectivity index (χ3v) is 8.92. The summed E-state index contributed by atoms with van der Waals surface area (Å²) in [5.41, 5.74) is 9.26. The molecule has 1 unspecified atom stereocenters. The Kier molecular flexibility index (Phi) is 13.4. The highest BCUT2D eigenvalue weighted by Gasteiger charge is 2.48. The van der Waals surface area contributed by atoms with Crippen LogP contribution in [0.15, 0.2) is 102 Å². The topological polar surface area (TPSA) is 114 Å². The highest BCUT2D eigenvalue weighted by atomic mass is 16.5. The number of aliphatic hydroxyl groups is 1. The zero-order valence-corrected chi connectivity index (χ0v) is 28.8. The van der Waals surface area contributed by atoms with E-state index < -0.39 is 23.3 Å². The molecule has 0 fully saturated rings. The molecular weight excluding hydrogens is 602 g/mol. The molecule has 0 aliphatic heterocycles. The molecule has 3 atom stereocenters. The molecule has 8 nitrogen and oxygen atoms in total. The number of nitrogens with two attached hydrogens (primary N) is 1. The van der Waals surface area contributed by atoms with E-state index in [0.717, 1.165) is 40.9 Å². The molecule has 256 valence electrons. The largest absolute Gasteiger partial charge is 0.497 e. The van der Waals surface area contributed by atoms with E-state index in [9.17, 15) is 14.7 Å². The lowest BCUT2D eigenvalue weighted by Gasteiger charge is -2.42. The predicted octanol–water partition coefficient (Wildman–Crippen LogP) is 5.98. The zero-order chi connectivity index (χ0) is 34.5. The van der Waals surface area contributed by atoms with E-state index >= 15 is 0 Å². The van der Waals surface area contributed by atoms with Crippen molar-refractivity contribution in [3.63, 3.8) is 0 Å². The van der Waals surface area contributed by atoms with Gasteiger partial charge in [-0.15, -0.1) is 0 Å². The number of hydrogen-bond acceptors (Lipinski definition) is 6. The summed E-state index contributed by atoms with van der Waals surface area (Å²) in [6.45, 7) is 8.36. The first-order chi connectivity index (χ1) is 23.2. The van der Waals surface area contributed by atoms with Crippen LogP contribution in [0.2, 0.25) is 0 Å². The standard InChI is InChI=1S/C40H51N3O5/c1-5-18-43(19-6-2)38(45)33-20-29(3)24-40(25-33,39(41)46)36(37(44)27-42-26-32-15-11-16-34(22-32)47-4)23-31-14-10-17-35(21-31)48-28-30-12-8-7-9-13-30/h7-17,20-22,24,36-37,42,44H,5-6,18-19,23,25-28H2,1-4H3,(H2,41,46)/t36-,37+,40?/m1/s1. The number of benzene rings is 3. The summed E-state index contributed by atoms with van der Waals surface area (Å²) in [5, 5.41) is 15.3. The second kappa shape index (κ2) is 17.7. The molecule has 0 bridgehead atoms. The Hall–Kier alpha value is -4.40. The average Bonchev–Trinajstić information content (AvgIpc) is 3.09. The summed E-state index contributed by atoms with van der Waals surface area (Å²) in [6.07, 6.45) is 4.87. The van der Waals surface area contributed by atoms with Gasteiger partial charge in [-0.25, -0.2) is 0 Å². The van der Waals surface area contributed by atoms with E-state index in [4.69, 9.17) is 15.2 Å². The molecule has 0 spiro atoms. The van der Waals surface area contributed by atoms with Gasteiger partial charge in [0.15, 0.2) is 0 Å². The van der Waals surface area contributed by atoms with Gasteiger partial charge in [0, 0.05) is 37.7 Å². The van der Waals surface area contributed by atoms with E-state index in [2.05, 4.69) is 5.32 Å². The number of methoxy groups -OCH3 is 1. The zero-order valence-electron chi connectivity index (χ0n) is 28.8. The minimum absolute atomic E-state index is 0.0857. The van der Waals surface area contributed by atoms with Crippen molar-refractivity contribution in [1.82, 2.24) is 10.2 Å². The van der Waals surface area contributed by atoms with E-state index in [0.29, 0.717) is 44.0 Å². The van der Waals surface area contributed by atoms with Gasteiger partial charge in [0.1, 0.15) is 18.1 Å².